The molecule has 3 aromatic rings. The van der Waals surface area contributed by atoms with Crippen molar-refractivity contribution >= 4 is 28.4 Å². The zero-order valence-corrected chi connectivity index (χ0v) is 16.6. The molecule has 0 radical (unpaired) electrons. The van der Waals surface area contributed by atoms with E-state index in [1.54, 1.807) is 11.0 Å². The van der Waals surface area contributed by atoms with Crippen LogP contribution < -0.4 is 11.1 Å². The van der Waals surface area contributed by atoms with Gasteiger partial charge in [0.25, 0.3) is 11.8 Å². The maximum atomic E-state index is 12.9. The van der Waals surface area contributed by atoms with Crippen LogP contribution >= 0.6 is 0 Å². The molecule has 5 N–H and O–H groups in total. The molecule has 0 aliphatic carbocycles. The number of hydrogen-bond donors (Lipinski definition) is 4. The van der Waals surface area contributed by atoms with E-state index < -0.39 is 5.91 Å². The van der Waals surface area contributed by atoms with Crippen molar-refractivity contribution in [2.24, 2.45) is 0 Å². The number of nitrogens with two attached hydrogens (primary N) is 1. The van der Waals surface area contributed by atoms with Crippen LogP contribution in [0.2, 0.25) is 0 Å². The first-order valence-corrected chi connectivity index (χ1v) is 9.60. The number of nitrogens with one attached hydrogen (secondary N) is 2. The molecule has 0 fully saturated rings. The van der Waals surface area contributed by atoms with Gasteiger partial charge in [0.05, 0.1) is 30.3 Å². The topological polar surface area (TPSA) is 148 Å². The number of nitriles is 1. The predicted molar refractivity (Wildman–Crippen MR) is 115 cm³/mol. The Bertz CT molecular complexity index is 1270. The zero-order valence-electron chi connectivity index (χ0n) is 16.6. The van der Waals surface area contributed by atoms with Gasteiger partial charge in [-0.25, -0.2) is 0 Å². The van der Waals surface area contributed by atoms with Crippen LogP contribution in [-0.4, -0.2) is 51.7 Å². The molecule has 9 heteroatoms. The van der Waals surface area contributed by atoms with Gasteiger partial charge in [0.15, 0.2) is 5.69 Å². The monoisotopic (exact) mass is 416 g/mol. The van der Waals surface area contributed by atoms with Crippen molar-refractivity contribution in [1.29, 1.82) is 5.26 Å². The highest BCUT2D eigenvalue weighted by Gasteiger charge is 2.32. The Morgan fingerprint density at radius 2 is 2.19 bits per heavy atom. The largest absolute Gasteiger partial charge is 0.398 e. The summed E-state index contributed by atoms with van der Waals surface area (Å²) in [6.45, 7) is 4.07. The third kappa shape index (κ3) is 3.49. The third-order valence-corrected chi connectivity index (χ3v) is 5.22. The lowest BCUT2D eigenvalue weighted by Crippen LogP contribution is -2.26. The Hall–Kier alpha value is -4.16. The number of anilines is 1. The van der Waals surface area contributed by atoms with Crippen LogP contribution in [0.3, 0.4) is 0 Å². The Balaban J connectivity index is 1.77. The van der Waals surface area contributed by atoms with Crippen molar-refractivity contribution < 1.29 is 14.7 Å². The van der Waals surface area contributed by atoms with Crippen LogP contribution in [-0.2, 0) is 6.54 Å². The number of benzene rings is 2. The molecule has 1 aromatic heterocycles. The number of nitrogens with zero attached hydrogens (tertiary/aromatic N) is 3. The van der Waals surface area contributed by atoms with Crippen molar-refractivity contribution in [1.82, 2.24) is 20.4 Å². The van der Waals surface area contributed by atoms with Gasteiger partial charge in [0.1, 0.15) is 0 Å². The molecule has 156 valence electrons. The van der Waals surface area contributed by atoms with Gasteiger partial charge < -0.3 is 21.1 Å². The molecule has 0 bridgehead atoms. The average molecular weight is 416 g/mol. The summed E-state index contributed by atoms with van der Waals surface area (Å²) in [6.07, 6.45) is 0. The minimum atomic E-state index is -0.392. The van der Waals surface area contributed by atoms with E-state index in [2.05, 4.69) is 22.1 Å². The number of H-pyrrole nitrogens is 1. The standard InChI is InChI=1S/C22H20N6O3/c1-12(9-23)10-28-11-16-14(3-4-17(24)19(16)22(28)31)13-2-5-18-15(8-13)20(27-26-18)21(30)25-6-7-29/h2-5,8,29H,1,6-7,10-11,24H2,(H,25,30)(H,26,27). The van der Waals surface area contributed by atoms with Crippen molar-refractivity contribution in [2.45, 2.75) is 6.54 Å². The smallest absolute Gasteiger partial charge is 0.272 e. The van der Waals surface area contributed by atoms with Crippen LogP contribution in [0.1, 0.15) is 26.4 Å². The molecule has 1 aliphatic heterocycles. The normalized spacial score (nSPS) is 12.6. The fraction of sp³-hybridized carbons (Fsp3) is 0.182. The summed E-state index contributed by atoms with van der Waals surface area (Å²) in [5.74, 6) is -0.629. The van der Waals surface area contributed by atoms with Crippen LogP contribution in [0, 0.1) is 11.3 Å². The van der Waals surface area contributed by atoms with Crippen LogP contribution in [0.4, 0.5) is 5.69 Å². The Morgan fingerprint density at radius 3 is 2.94 bits per heavy atom. The van der Waals surface area contributed by atoms with Gasteiger partial charge in [-0.2, -0.15) is 10.4 Å². The lowest BCUT2D eigenvalue weighted by atomic mass is 9.94. The van der Waals surface area contributed by atoms with E-state index in [1.165, 1.54) is 0 Å². The number of aromatic amines is 1. The Labute approximate surface area is 177 Å². The fourth-order valence-corrected chi connectivity index (χ4v) is 3.78. The highest BCUT2D eigenvalue weighted by Crippen LogP contribution is 2.37. The van der Waals surface area contributed by atoms with Gasteiger partial charge in [0, 0.05) is 29.7 Å². The van der Waals surface area contributed by atoms with Gasteiger partial charge in [-0.1, -0.05) is 18.7 Å². The van der Waals surface area contributed by atoms with E-state index in [-0.39, 0.29) is 31.3 Å². The molecule has 31 heavy (non-hydrogen) atoms. The molecule has 0 saturated heterocycles. The summed E-state index contributed by atoms with van der Waals surface area (Å²) in [5, 5.41) is 28.1. The van der Waals surface area contributed by atoms with Gasteiger partial charge in [-0.05, 0) is 34.9 Å². The lowest BCUT2D eigenvalue weighted by Gasteiger charge is -2.14. The van der Waals surface area contributed by atoms with Gasteiger partial charge in [-0.3, -0.25) is 14.7 Å². The van der Waals surface area contributed by atoms with Gasteiger partial charge in [-0.15, -0.1) is 0 Å². The van der Waals surface area contributed by atoms with Gasteiger partial charge >= 0.3 is 0 Å². The number of rotatable bonds is 6. The van der Waals surface area contributed by atoms with Crippen molar-refractivity contribution in [3.05, 3.63) is 59.3 Å². The molecule has 0 saturated carbocycles. The van der Waals surface area contributed by atoms with E-state index >= 15 is 0 Å². The van der Waals surface area contributed by atoms with E-state index in [4.69, 9.17) is 16.1 Å². The van der Waals surface area contributed by atoms with E-state index in [1.807, 2.05) is 30.3 Å². The number of fused-ring (bicyclic) bond motifs is 2. The number of aliphatic hydroxyl groups is 1. The number of aromatic nitrogens is 2. The van der Waals surface area contributed by atoms with Crippen molar-refractivity contribution in [3.8, 4) is 17.2 Å². The van der Waals surface area contributed by atoms with Crippen LogP contribution in [0.15, 0.2) is 42.5 Å². The predicted octanol–water partition coefficient (Wildman–Crippen LogP) is 1.57. The minimum absolute atomic E-state index is 0.129. The lowest BCUT2D eigenvalue weighted by molar-refractivity contribution is 0.0794. The zero-order chi connectivity index (χ0) is 22.1. The molecule has 0 atom stereocenters. The molecule has 1 aliphatic rings. The number of carbonyl (C=O) groups excluding carboxylic acids is 2. The number of nitrogen functional groups attached to an aromatic ring is 1. The first-order chi connectivity index (χ1) is 14.9. The Kier molecular flexibility index (Phi) is 5.15. The number of hydrogen-bond acceptors (Lipinski definition) is 6. The third-order valence-electron chi connectivity index (χ3n) is 5.22. The molecule has 9 nitrogen and oxygen atoms in total. The quantitative estimate of drug-likeness (QED) is 0.354. The van der Waals surface area contributed by atoms with E-state index in [0.717, 1.165) is 16.7 Å². The van der Waals surface area contributed by atoms with E-state index in [9.17, 15) is 9.59 Å². The van der Waals surface area contributed by atoms with Crippen molar-refractivity contribution in [2.75, 3.05) is 25.4 Å². The first kappa shape index (κ1) is 20.1. The molecular weight excluding hydrogens is 396 g/mol. The molecule has 2 aromatic carbocycles. The summed E-state index contributed by atoms with van der Waals surface area (Å²) < 4.78 is 0. The van der Waals surface area contributed by atoms with Crippen LogP contribution in [0.25, 0.3) is 22.0 Å². The second-order valence-corrected chi connectivity index (χ2v) is 7.24. The summed E-state index contributed by atoms with van der Waals surface area (Å²) in [4.78, 5) is 26.8. The van der Waals surface area contributed by atoms with Crippen molar-refractivity contribution in [3.63, 3.8) is 0 Å². The first-order valence-electron chi connectivity index (χ1n) is 9.60. The molecule has 2 heterocycles. The SMILES string of the molecule is C=C(C#N)CN1Cc2c(-c3ccc4[nH]nc(C(=O)NCCO)c4c3)ccc(N)c2C1=O. The maximum absolute atomic E-state index is 12.9. The minimum Gasteiger partial charge on any atom is -0.398 e. The summed E-state index contributed by atoms with van der Waals surface area (Å²) >= 11 is 0. The highest BCUT2D eigenvalue weighted by molar-refractivity contribution is 6.07. The van der Waals surface area contributed by atoms with Gasteiger partial charge in [0.2, 0.25) is 0 Å². The fourth-order valence-electron chi connectivity index (χ4n) is 3.78. The maximum Gasteiger partial charge on any atom is 0.272 e. The number of carbonyl (C=O) groups is 2. The summed E-state index contributed by atoms with van der Waals surface area (Å²) in [6, 6.07) is 11.0. The molecule has 4 rings (SSSR count). The van der Waals surface area contributed by atoms with Crippen LogP contribution in [0.5, 0.6) is 0 Å². The summed E-state index contributed by atoms with van der Waals surface area (Å²) in [5.41, 5.74) is 10.5. The second-order valence-electron chi connectivity index (χ2n) is 7.24. The second kappa shape index (κ2) is 7.93. The average Bonchev–Trinajstić information content (AvgIpc) is 3.33. The highest BCUT2D eigenvalue weighted by atomic mass is 16.3. The molecule has 0 spiro atoms. The molecule has 2 amide bonds. The summed E-state index contributed by atoms with van der Waals surface area (Å²) in [7, 11) is 0. The number of amides is 2. The van der Waals surface area contributed by atoms with E-state index in [0.29, 0.717) is 34.3 Å². The molecular formula is C22H20N6O3. The Morgan fingerprint density at radius 1 is 1.39 bits per heavy atom. The molecule has 0 unspecified atom stereocenters. The number of aliphatic hydroxyl groups excluding tert-OH is 1.